The second-order valence-corrected chi connectivity index (χ2v) is 0.720. The van der Waals surface area contributed by atoms with E-state index in [2.05, 4.69) is 10.3 Å². The largest absolute Gasteiger partial charge is 1.00 e. The van der Waals surface area contributed by atoms with Gasteiger partial charge in [-0.25, -0.2) is 5.43 Å². The fourth-order valence-electron chi connectivity index (χ4n) is 0.0933. The smallest absolute Gasteiger partial charge is 0.529 e. The van der Waals surface area contributed by atoms with Crippen molar-refractivity contribution < 1.29 is 44.3 Å². The van der Waals surface area contributed by atoms with Gasteiger partial charge < -0.3 is 9.90 Å². The molecule has 0 saturated heterocycles. The van der Waals surface area contributed by atoms with Gasteiger partial charge in [-0.1, -0.05) is 10.3 Å². The van der Waals surface area contributed by atoms with Crippen LogP contribution in [0.1, 0.15) is 0 Å². The number of hydrogen-bond acceptors (Lipinski definition) is 4. The second-order valence-electron chi connectivity index (χ2n) is 0.720. The molecule has 0 fully saturated rings. The van der Waals surface area contributed by atoms with Crippen LogP contribution < -0.4 is 40.1 Å². The molecule has 0 aliphatic heterocycles. The van der Waals surface area contributed by atoms with Crippen LogP contribution in [-0.2, 0) is 4.79 Å². The molecule has 0 aromatic carbocycles. The molecular formula is C2H2N3NaO3. The predicted molar refractivity (Wildman–Crippen MR) is 19.5 cm³/mol. The summed E-state index contributed by atoms with van der Waals surface area (Å²) in [4.78, 5) is 18.7. The van der Waals surface area contributed by atoms with Crippen LogP contribution in [-0.4, -0.2) is 12.5 Å². The van der Waals surface area contributed by atoms with Crippen molar-refractivity contribution in [3.63, 3.8) is 0 Å². The summed E-state index contributed by atoms with van der Waals surface area (Å²) in [5.74, 6) is 0. The van der Waals surface area contributed by atoms with Crippen LogP contribution in [0.2, 0.25) is 0 Å². The molecule has 2 amide bonds. The fraction of sp³-hybridized carbons (Fsp3) is 0. The van der Waals surface area contributed by atoms with Crippen molar-refractivity contribution in [2.24, 2.45) is 10.3 Å². The summed E-state index contributed by atoms with van der Waals surface area (Å²) >= 11 is 0. The monoisotopic (exact) mass is 139 g/mol. The summed E-state index contributed by atoms with van der Waals surface area (Å²) in [7, 11) is 0. The third-order valence-electron chi connectivity index (χ3n) is 0.246. The van der Waals surface area contributed by atoms with Crippen molar-refractivity contribution in [2.45, 2.75) is 0 Å². The molecule has 0 aliphatic carbocycles. The van der Waals surface area contributed by atoms with Crippen molar-refractivity contribution in [1.82, 2.24) is 5.43 Å². The average Bonchev–Trinajstić information content (AvgIpc) is 1.66. The molecule has 0 aromatic rings. The molecule has 0 radical (unpaired) electrons. The minimum atomic E-state index is -1.60. The molecule has 0 atom stereocenters. The second kappa shape index (κ2) is 7.54. The topological polar surface area (TPSA) is 94.0 Å². The van der Waals surface area contributed by atoms with Gasteiger partial charge in [-0.3, -0.25) is 4.79 Å². The van der Waals surface area contributed by atoms with Gasteiger partial charge in [-0.2, -0.15) is 0 Å². The Morgan fingerprint density at radius 3 is 2.56 bits per heavy atom. The van der Waals surface area contributed by atoms with Gasteiger partial charge in [0.25, 0.3) is 6.41 Å². The van der Waals surface area contributed by atoms with Crippen LogP contribution in [0.4, 0.5) is 4.79 Å². The summed E-state index contributed by atoms with van der Waals surface area (Å²) < 4.78 is 0. The van der Waals surface area contributed by atoms with E-state index in [9.17, 15) is 14.7 Å². The molecule has 0 bridgehead atoms. The zero-order valence-corrected chi connectivity index (χ0v) is 6.70. The summed E-state index contributed by atoms with van der Waals surface area (Å²) in [6.45, 7) is 0. The number of carbonyl (C=O) groups excluding carboxylic acids is 2. The summed E-state index contributed by atoms with van der Waals surface area (Å²) in [5, 5.41) is 14.6. The summed E-state index contributed by atoms with van der Waals surface area (Å²) in [5.41, 5.74) is 1.38. The zero-order valence-electron chi connectivity index (χ0n) is 4.70. The predicted octanol–water partition coefficient (Wildman–Crippen LogP) is -4.55. The van der Waals surface area contributed by atoms with Gasteiger partial charge in [0, 0.05) is 0 Å². The van der Waals surface area contributed by atoms with Gasteiger partial charge in [0.15, 0.2) is 6.09 Å². The van der Waals surface area contributed by atoms with E-state index in [0.717, 1.165) is 0 Å². The quantitative estimate of drug-likeness (QED) is 0.180. The van der Waals surface area contributed by atoms with E-state index >= 15 is 0 Å². The van der Waals surface area contributed by atoms with E-state index in [0.29, 0.717) is 0 Å². The number of carbonyl (C=O) groups is 2. The van der Waals surface area contributed by atoms with E-state index in [4.69, 9.17) is 0 Å². The molecular weight excluding hydrogens is 137 g/mol. The van der Waals surface area contributed by atoms with E-state index in [-0.39, 0.29) is 36.0 Å². The van der Waals surface area contributed by atoms with Gasteiger partial charge >= 0.3 is 29.6 Å². The minimum absolute atomic E-state index is 0. The molecule has 9 heavy (non-hydrogen) atoms. The van der Waals surface area contributed by atoms with Crippen molar-refractivity contribution in [1.29, 1.82) is 0 Å². The minimum Gasteiger partial charge on any atom is -0.529 e. The molecule has 0 spiro atoms. The van der Waals surface area contributed by atoms with Gasteiger partial charge in [-0.15, -0.1) is 0 Å². The number of nitrogens with zero attached hydrogens (tertiary/aromatic N) is 2. The Bertz CT molecular complexity index is 124. The zero-order chi connectivity index (χ0) is 6.41. The SMILES string of the molecule is O=CN=NNC(=O)[O-].[Na+]. The van der Waals surface area contributed by atoms with Crippen LogP contribution in [0.3, 0.4) is 0 Å². The van der Waals surface area contributed by atoms with Crippen LogP contribution in [0, 0.1) is 0 Å². The van der Waals surface area contributed by atoms with Crippen molar-refractivity contribution in [3.05, 3.63) is 0 Å². The molecule has 7 heteroatoms. The van der Waals surface area contributed by atoms with Crippen LogP contribution in [0.15, 0.2) is 10.3 Å². The average molecular weight is 139 g/mol. The first-order chi connectivity index (χ1) is 3.77. The third-order valence-corrected chi connectivity index (χ3v) is 0.246. The number of amides is 2. The maximum atomic E-state index is 9.38. The Kier molecular flexibility index (Phi) is 9.51. The molecule has 1 N–H and O–H groups in total. The first-order valence-electron chi connectivity index (χ1n) is 1.58. The maximum Gasteiger partial charge on any atom is 1.00 e. The number of nitrogens with one attached hydrogen (secondary N) is 1. The Balaban J connectivity index is 0. The molecule has 0 unspecified atom stereocenters. The molecule has 0 heterocycles. The molecule has 0 aromatic heterocycles. The normalized spacial score (nSPS) is 8.00. The van der Waals surface area contributed by atoms with Crippen molar-refractivity contribution in [3.8, 4) is 0 Å². The Labute approximate surface area is 72.6 Å². The Morgan fingerprint density at radius 1 is 1.67 bits per heavy atom. The molecule has 0 saturated carbocycles. The summed E-state index contributed by atoms with van der Waals surface area (Å²) in [6, 6.07) is 0. The Morgan fingerprint density at radius 2 is 2.22 bits per heavy atom. The maximum absolute atomic E-state index is 9.38. The first kappa shape index (κ1) is 11.4. The Hall–Kier alpha value is -0.460. The third kappa shape index (κ3) is 11.2. The van der Waals surface area contributed by atoms with E-state index in [1.807, 2.05) is 0 Å². The van der Waals surface area contributed by atoms with Crippen molar-refractivity contribution >= 4 is 12.5 Å². The first-order valence-corrected chi connectivity index (χ1v) is 1.58. The van der Waals surface area contributed by atoms with Gasteiger partial charge in [-0.05, 0) is 0 Å². The molecule has 0 aliphatic rings. The standard InChI is InChI=1S/C2H3N3O3.Na/c6-1-3-5-4-2(7)8;/h1H,(H,7,8)(H,3,4,6);/q;+1/p-1. The van der Waals surface area contributed by atoms with E-state index < -0.39 is 6.09 Å². The van der Waals surface area contributed by atoms with Crippen molar-refractivity contribution in [2.75, 3.05) is 0 Å². The van der Waals surface area contributed by atoms with Crippen LogP contribution >= 0.6 is 0 Å². The van der Waals surface area contributed by atoms with Gasteiger partial charge in [0.1, 0.15) is 0 Å². The number of rotatable bonds is 2. The van der Waals surface area contributed by atoms with Gasteiger partial charge in [0.2, 0.25) is 0 Å². The van der Waals surface area contributed by atoms with Gasteiger partial charge in [0.05, 0.1) is 0 Å². The molecule has 44 valence electrons. The van der Waals surface area contributed by atoms with Crippen LogP contribution in [0.5, 0.6) is 0 Å². The van der Waals surface area contributed by atoms with E-state index in [1.165, 1.54) is 5.43 Å². The van der Waals surface area contributed by atoms with Crippen LogP contribution in [0.25, 0.3) is 0 Å². The fourth-order valence-corrected chi connectivity index (χ4v) is 0.0933. The number of carboxylic acid groups (broad SMARTS) is 1. The van der Waals surface area contributed by atoms with E-state index in [1.54, 1.807) is 0 Å². The molecule has 6 nitrogen and oxygen atoms in total. The summed E-state index contributed by atoms with van der Waals surface area (Å²) in [6.07, 6.45) is -1.51. The number of hydrogen-bond donors (Lipinski definition) is 1. The molecule has 0 rings (SSSR count).